The molecule has 0 bridgehead atoms. The van der Waals surface area contributed by atoms with Crippen molar-refractivity contribution in [2.24, 2.45) is 0 Å². The lowest BCUT2D eigenvalue weighted by Crippen LogP contribution is -2.37. The van der Waals surface area contributed by atoms with Gasteiger partial charge in [-0.3, -0.25) is 9.05 Å². The van der Waals surface area contributed by atoms with Gasteiger partial charge in [-0.1, -0.05) is 79.8 Å². The van der Waals surface area contributed by atoms with Crippen LogP contribution in [0.3, 0.4) is 0 Å². The Hall–Kier alpha value is -1.57. The van der Waals surface area contributed by atoms with Crippen LogP contribution in [0.2, 0.25) is 0 Å². The third kappa shape index (κ3) is 29.0. The average Bonchev–Trinajstić information content (AvgIpc) is 2.85. The van der Waals surface area contributed by atoms with Gasteiger partial charge < -0.3 is 19.2 Å². The van der Waals surface area contributed by atoms with Crippen molar-refractivity contribution in [3.05, 3.63) is 72.9 Å². The smallest absolute Gasteiger partial charge is 0.388 e. The Balaban J connectivity index is 3.65. The maximum Gasteiger partial charge on any atom is 0.472 e. The Labute approximate surface area is 232 Å². The average molecular weight is 555 g/mol. The predicted octanol–water partition coefficient (Wildman–Crippen LogP) is 6.68. The van der Waals surface area contributed by atoms with E-state index in [1.54, 1.807) is 0 Å². The molecule has 0 radical (unpaired) electrons. The van der Waals surface area contributed by atoms with E-state index in [1.165, 1.54) is 0 Å². The van der Waals surface area contributed by atoms with Crippen molar-refractivity contribution in [1.29, 1.82) is 0 Å². The number of hydrogen-bond donors (Lipinski definition) is 2. The quantitative estimate of drug-likeness (QED) is 0.0599. The van der Waals surface area contributed by atoms with Gasteiger partial charge in [0.25, 0.3) is 0 Å². The second kappa shape index (κ2) is 24.5. The van der Waals surface area contributed by atoms with Gasteiger partial charge in [-0.2, -0.15) is 0 Å². The number of aliphatic hydroxyl groups is 1. The Bertz CT molecular complexity index is 780. The number of allylic oxidation sites excluding steroid dienone is 12. The van der Waals surface area contributed by atoms with Crippen molar-refractivity contribution in [2.45, 2.75) is 64.4 Å². The van der Waals surface area contributed by atoms with Crippen LogP contribution >= 0.6 is 7.82 Å². The van der Waals surface area contributed by atoms with E-state index in [-0.39, 0.29) is 19.8 Å². The second-order valence-electron chi connectivity index (χ2n) is 9.90. The van der Waals surface area contributed by atoms with Gasteiger partial charge in [0.05, 0.1) is 34.4 Å². The number of unbranched alkanes of at least 4 members (excludes halogenated alkanes) is 1. The summed E-state index contributed by atoms with van der Waals surface area (Å²) in [6.07, 6.45) is 32.8. The van der Waals surface area contributed by atoms with Gasteiger partial charge in [-0.25, -0.2) is 4.57 Å². The van der Waals surface area contributed by atoms with E-state index < -0.39 is 13.9 Å². The SMILES string of the molecule is CC/C=C\C/C=C\C/C=C\C/C=C\C/C=C\C/C=C\CCCOCC(O)COP(=O)(O)OCC[N+](C)(C)C. The molecule has 0 amide bonds. The number of phosphoric acid groups is 1. The van der Waals surface area contributed by atoms with E-state index >= 15 is 0 Å². The monoisotopic (exact) mass is 554 g/mol. The van der Waals surface area contributed by atoms with Crippen molar-refractivity contribution in [3.8, 4) is 0 Å². The highest BCUT2D eigenvalue weighted by molar-refractivity contribution is 7.47. The van der Waals surface area contributed by atoms with Crippen LogP contribution < -0.4 is 0 Å². The van der Waals surface area contributed by atoms with E-state index in [2.05, 4.69) is 79.8 Å². The zero-order chi connectivity index (χ0) is 28.4. The molecule has 0 aromatic heterocycles. The summed E-state index contributed by atoms with van der Waals surface area (Å²) in [6.45, 7) is 3.04. The Morgan fingerprint density at radius 1 is 0.711 bits per heavy atom. The Kier molecular flexibility index (Phi) is 23.5. The van der Waals surface area contributed by atoms with Crippen LogP contribution in [0.15, 0.2) is 72.9 Å². The fraction of sp³-hybridized carbons (Fsp3) is 0.600. The lowest BCUT2D eigenvalue weighted by molar-refractivity contribution is -0.870. The molecule has 0 aliphatic heterocycles. The summed E-state index contributed by atoms with van der Waals surface area (Å²) in [5.74, 6) is 0. The van der Waals surface area contributed by atoms with Crippen LogP contribution in [-0.4, -0.2) is 74.7 Å². The highest BCUT2D eigenvalue weighted by atomic mass is 31.2. The van der Waals surface area contributed by atoms with E-state index in [9.17, 15) is 14.6 Å². The molecule has 38 heavy (non-hydrogen) atoms. The minimum absolute atomic E-state index is 0.0443. The van der Waals surface area contributed by atoms with Gasteiger partial charge >= 0.3 is 7.82 Å². The predicted molar refractivity (Wildman–Crippen MR) is 159 cm³/mol. The van der Waals surface area contributed by atoms with Crippen molar-refractivity contribution in [3.63, 3.8) is 0 Å². The molecule has 2 unspecified atom stereocenters. The summed E-state index contributed by atoms with van der Waals surface area (Å²) in [6, 6.07) is 0. The summed E-state index contributed by atoms with van der Waals surface area (Å²) in [4.78, 5) is 9.64. The Morgan fingerprint density at radius 2 is 1.18 bits per heavy atom. The maximum absolute atomic E-state index is 11.8. The summed E-state index contributed by atoms with van der Waals surface area (Å²) < 4.78 is 27.6. The molecule has 0 rings (SSSR count). The van der Waals surface area contributed by atoms with Gasteiger partial charge in [0.2, 0.25) is 0 Å². The molecule has 7 nitrogen and oxygen atoms in total. The van der Waals surface area contributed by atoms with Crippen LogP contribution in [0.4, 0.5) is 0 Å². The van der Waals surface area contributed by atoms with Gasteiger partial charge in [-0.15, -0.1) is 0 Å². The van der Waals surface area contributed by atoms with Crippen LogP contribution in [0.1, 0.15) is 58.3 Å². The number of aliphatic hydroxyl groups excluding tert-OH is 1. The third-order valence-corrected chi connectivity index (χ3v) is 6.00. The molecule has 218 valence electrons. The first-order valence-corrected chi connectivity index (χ1v) is 15.2. The van der Waals surface area contributed by atoms with Gasteiger partial charge in [0.1, 0.15) is 19.3 Å². The van der Waals surface area contributed by atoms with Crippen molar-refractivity contribution < 1.29 is 32.8 Å². The van der Waals surface area contributed by atoms with E-state index in [0.717, 1.165) is 51.4 Å². The van der Waals surface area contributed by atoms with Crippen LogP contribution in [0, 0.1) is 0 Å². The molecule has 0 aromatic carbocycles. The molecule has 0 saturated heterocycles. The zero-order valence-electron chi connectivity index (χ0n) is 24.1. The highest BCUT2D eigenvalue weighted by Crippen LogP contribution is 2.43. The molecule has 0 aliphatic rings. The molecule has 0 fully saturated rings. The molecule has 0 heterocycles. The molecule has 2 N–H and O–H groups in total. The molecule has 2 atom stereocenters. The second-order valence-corrected chi connectivity index (χ2v) is 11.4. The van der Waals surface area contributed by atoms with Gasteiger partial charge in [0, 0.05) is 6.61 Å². The first-order valence-electron chi connectivity index (χ1n) is 13.7. The lowest BCUT2D eigenvalue weighted by Gasteiger charge is -2.24. The van der Waals surface area contributed by atoms with Crippen LogP contribution in [-0.2, 0) is 18.3 Å². The minimum Gasteiger partial charge on any atom is -0.388 e. The number of rotatable bonds is 24. The summed E-state index contributed by atoms with van der Waals surface area (Å²) in [7, 11) is 1.70. The fourth-order valence-electron chi connectivity index (χ4n) is 2.86. The van der Waals surface area contributed by atoms with Crippen molar-refractivity contribution >= 4 is 7.82 Å². The number of likely N-dealkylation sites (N-methyl/N-ethyl adjacent to an activating group) is 1. The van der Waals surface area contributed by atoms with Crippen molar-refractivity contribution in [1.82, 2.24) is 0 Å². The number of hydrogen-bond acceptors (Lipinski definition) is 5. The molecule has 8 heteroatoms. The number of phosphoric ester groups is 1. The summed E-state index contributed by atoms with van der Waals surface area (Å²) >= 11 is 0. The first-order chi connectivity index (χ1) is 18.2. The normalized spacial score (nSPS) is 15.8. The Morgan fingerprint density at radius 3 is 1.66 bits per heavy atom. The lowest BCUT2D eigenvalue weighted by atomic mass is 10.2. The standard InChI is InChI=1S/C30H52NO6P/c1-5-6-7-8-9-10-11-12-13-14-15-16-17-18-19-20-21-22-23-24-26-35-28-30(32)29-37-38(33,34)36-27-25-31(2,3)4/h6-7,9-10,12-13,15-16,18-19,21-22,30,32H,5,8,11,14,17,20,23-29H2,1-4H3/p+1/b7-6-,10-9-,13-12-,16-15-,19-18-,22-21-. The maximum atomic E-state index is 11.8. The minimum atomic E-state index is -4.16. The molecule has 0 aliphatic carbocycles. The zero-order valence-corrected chi connectivity index (χ0v) is 25.0. The van der Waals surface area contributed by atoms with Crippen LogP contribution in [0.25, 0.3) is 0 Å². The third-order valence-electron chi connectivity index (χ3n) is 5.01. The van der Waals surface area contributed by atoms with E-state index in [4.69, 9.17) is 13.8 Å². The molecule has 0 spiro atoms. The van der Waals surface area contributed by atoms with Crippen molar-refractivity contribution in [2.75, 3.05) is 54.1 Å². The fourth-order valence-corrected chi connectivity index (χ4v) is 3.61. The summed E-state index contributed by atoms with van der Waals surface area (Å²) in [5.41, 5.74) is 0. The van der Waals surface area contributed by atoms with Gasteiger partial charge in [0.15, 0.2) is 0 Å². The van der Waals surface area contributed by atoms with E-state index in [1.807, 2.05) is 21.1 Å². The topological polar surface area (TPSA) is 85.2 Å². The molecular formula is C30H53NO6P+. The first kappa shape index (κ1) is 36.4. The molecule has 0 aromatic rings. The molecular weight excluding hydrogens is 501 g/mol. The number of ether oxygens (including phenoxy) is 1. The number of nitrogens with zero attached hydrogens (tertiary/aromatic N) is 1. The highest BCUT2D eigenvalue weighted by Gasteiger charge is 2.24. The van der Waals surface area contributed by atoms with Gasteiger partial charge in [-0.05, 0) is 51.4 Å². The summed E-state index contributed by atoms with van der Waals surface area (Å²) in [5, 5.41) is 9.86. The molecule has 0 saturated carbocycles. The van der Waals surface area contributed by atoms with Crippen LogP contribution in [0.5, 0.6) is 0 Å². The van der Waals surface area contributed by atoms with E-state index in [0.29, 0.717) is 17.6 Å². The number of quaternary nitrogens is 1. The largest absolute Gasteiger partial charge is 0.472 e.